The molecule has 0 aromatic heterocycles. The molecule has 1 heterocycles. The van der Waals surface area contributed by atoms with E-state index < -0.39 is 10.1 Å². The molecule has 0 bridgehead atoms. The molecule has 0 atom stereocenters. The van der Waals surface area contributed by atoms with Gasteiger partial charge in [-0.3, -0.25) is 4.18 Å². The van der Waals surface area contributed by atoms with Crippen LogP contribution in [0.5, 0.6) is 0 Å². The number of nitrogens with zero attached hydrogens (tertiary/aromatic N) is 1. The van der Waals surface area contributed by atoms with E-state index in [-0.39, 0.29) is 12.6 Å². The van der Waals surface area contributed by atoms with Gasteiger partial charge in [0.2, 0.25) is 0 Å². The molecule has 21 heavy (non-hydrogen) atoms. The molecule has 0 amide bonds. The van der Waals surface area contributed by atoms with E-state index >= 15 is 0 Å². The van der Waals surface area contributed by atoms with E-state index in [9.17, 15) is 13.2 Å². The molecular formula is C14H19NO5S. The third-order valence-electron chi connectivity index (χ3n) is 3.24. The van der Waals surface area contributed by atoms with Crippen LogP contribution in [-0.2, 0) is 25.5 Å². The van der Waals surface area contributed by atoms with E-state index in [0.29, 0.717) is 18.7 Å². The molecule has 2 rings (SSSR count). The quantitative estimate of drug-likeness (QED) is 0.580. The Morgan fingerprint density at radius 1 is 1.38 bits per heavy atom. The summed E-state index contributed by atoms with van der Waals surface area (Å²) in [4.78, 5) is 13.7. The van der Waals surface area contributed by atoms with Gasteiger partial charge in [-0.25, -0.2) is 4.79 Å². The predicted molar refractivity (Wildman–Crippen MR) is 79.1 cm³/mol. The molecule has 0 aliphatic carbocycles. The third kappa shape index (κ3) is 4.18. The summed E-state index contributed by atoms with van der Waals surface area (Å²) in [6.45, 7) is 3.53. The summed E-state index contributed by atoms with van der Waals surface area (Å²) in [6, 6.07) is 5.44. The summed E-state index contributed by atoms with van der Waals surface area (Å²) in [5.41, 5.74) is 2.63. The van der Waals surface area contributed by atoms with Crippen LogP contribution in [0.15, 0.2) is 18.2 Å². The van der Waals surface area contributed by atoms with Crippen LogP contribution in [-0.4, -0.2) is 46.9 Å². The highest BCUT2D eigenvalue weighted by Gasteiger charge is 2.21. The standard InChI is InChI=1S/C14H19NO5S/c1-3-19-14(16)12-4-5-13-11(10-12)6-7-15(13)8-9-20-21(2,17)18/h4-5,10H,3,6-9H2,1-2H3. The monoisotopic (exact) mass is 313 g/mol. The Bertz CT molecular complexity index is 626. The summed E-state index contributed by atoms with van der Waals surface area (Å²) in [7, 11) is -3.41. The van der Waals surface area contributed by atoms with E-state index in [1.165, 1.54) is 0 Å². The molecule has 0 saturated heterocycles. The highest BCUT2D eigenvalue weighted by Crippen LogP contribution is 2.28. The number of anilines is 1. The Hall–Kier alpha value is -1.60. The average molecular weight is 313 g/mol. The van der Waals surface area contributed by atoms with Crippen LogP contribution < -0.4 is 4.90 Å². The van der Waals surface area contributed by atoms with Gasteiger partial charge in [-0.15, -0.1) is 0 Å². The van der Waals surface area contributed by atoms with Crippen LogP contribution >= 0.6 is 0 Å². The minimum atomic E-state index is -3.41. The minimum Gasteiger partial charge on any atom is -0.462 e. The fourth-order valence-corrected chi connectivity index (χ4v) is 2.72. The van der Waals surface area contributed by atoms with Gasteiger partial charge in [0.1, 0.15) is 0 Å². The van der Waals surface area contributed by atoms with Gasteiger partial charge >= 0.3 is 5.97 Å². The SMILES string of the molecule is CCOC(=O)c1ccc2c(c1)CCN2CCOS(C)(=O)=O. The van der Waals surface area contributed by atoms with Gasteiger partial charge in [0.05, 0.1) is 25.0 Å². The molecule has 0 spiro atoms. The van der Waals surface area contributed by atoms with E-state index in [2.05, 4.69) is 4.90 Å². The maximum atomic E-state index is 11.7. The molecule has 7 heteroatoms. The molecular weight excluding hydrogens is 294 g/mol. The zero-order valence-corrected chi connectivity index (χ0v) is 13.0. The first-order chi connectivity index (χ1) is 9.90. The smallest absolute Gasteiger partial charge is 0.338 e. The molecule has 0 unspecified atom stereocenters. The first-order valence-electron chi connectivity index (χ1n) is 6.80. The van der Waals surface area contributed by atoms with Gasteiger partial charge in [-0.05, 0) is 37.1 Å². The normalized spacial score (nSPS) is 14.1. The van der Waals surface area contributed by atoms with Crippen molar-refractivity contribution in [3.05, 3.63) is 29.3 Å². The Balaban J connectivity index is 2.02. The number of rotatable bonds is 6. The zero-order chi connectivity index (χ0) is 15.5. The van der Waals surface area contributed by atoms with Gasteiger partial charge < -0.3 is 9.64 Å². The number of fused-ring (bicyclic) bond motifs is 1. The molecule has 6 nitrogen and oxygen atoms in total. The van der Waals surface area contributed by atoms with Crippen molar-refractivity contribution >= 4 is 21.8 Å². The lowest BCUT2D eigenvalue weighted by Gasteiger charge is -2.19. The lowest BCUT2D eigenvalue weighted by molar-refractivity contribution is 0.0526. The number of carbonyl (C=O) groups excluding carboxylic acids is 1. The summed E-state index contributed by atoms with van der Waals surface area (Å²) < 4.78 is 31.6. The van der Waals surface area contributed by atoms with E-state index in [0.717, 1.165) is 30.5 Å². The summed E-state index contributed by atoms with van der Waals surface area (Å²) in [6.07, 6.45) is 1.86. The first-order valence-corrected chi connectivity index (χ1v) is 8.62. The van der Waals surface area contributed by atoms with E-state index in [1.807, 2.05) is 12.1 Å². The van der Waals surface area contributed by atoms with Crippen LogP contribution in [0.4, 0.5) is 5.69 Å². The molecule has 1 aliphatic heterocycles. The fourth-order valence-electron chi connectivity index (χ4n) is 2.34. The summed E-state index contributed by atoms with van der Waals surface area (Å²) >= 11 is 0. The minimum absolute atomic E-state index is 0.123. The van der Waals surface area contributed by atoms with Crippen molar-refractivity contribution in [2.45, 2.75) is 13.3 Å². The summed E-state index contributed by atoms with van der Waals surface area (Å²) in [5.74, 6) is -0.320. The van der Waals surface area contributed by atoms with E-state index in [4.69, 9.17) is 8.92 Å². The van der Waals surface area contributed by atoms with Crippen molar-refractivity contribution in [1.82, 2.24) is 0 Å². The molecule has 0 saturated carbocycles. The van der Waals surface area contributed by atoms with Crippen LogP contribution in [0.1, 0.15) is 22.8 Å². The van der Waals surface area contributed by atoms with Crippen LogP contribution in [0, 0.1) is 0 Å². The number of carbonyl (C=O) groups is 1. The molecule has 0 N–H and O–H groups in total. The third-order valence-corrected chi connectivity index (χ3v) is 3.84. The van der Waals surface area contributed by atoms with Gasteiger partial charge in [0.25, 0.3) is 10.1 Å². The van der Waals surface area contributed by atoms with Gasteiger partial charge in [-0.1, -0.05) is 0 Å². The number of hydrogen-bond donors (Lipinski definition) is 0. The number of esters is 1. The lowest BCUT2D eigenvalue weighted by Crippen LogP contribution is -2.26. The topological polar surface area (TPSA) is 72.9 Å². The molecule has 116 valence electrons. The highest BCUT2D eigenvalue weighted by molar-refractivity contribution is 7.85. The van der Waals surface area contributed by atoms with Crippen molar-refractivity contribution < 1.29 is 22.1 Å². The maximum Gasteiger partial charge on any atom is 0.338 e. The van der Waals surface area contributed by atoms with Crippen molar-refractivity contribution in [2.75, 3.05) is 37.5 Å². The molecule has 1 aromatic carbocycles. The van der Waals surface area contributed by atoms with Crippen LogP contribution in [0.2, 0.25) is 0 Å². The Morgan fingerprint density at radius 3 is 2.81 bits per heavy atom. The number of hydrogen-bond acceptors (Lipinski definition) is 6. The molecule has 1 aliphatic rings. The molecule has 0 radical (unpaired) electrons. The second-order valence-electron chi connectivity index (χ2n) is 4.83. The van der Waals surface area contributed by atoms with Gasteiger partial charge in [-0.2, -0.15) is 8.42 Å². The predicted octanol–water partition coefficient (Wildman–Crippen LogP) is 1.20. The maximum absolute atomic E-state index is 11.7. The first kappa shape index (κ1) is 15.8. The second-order valence-corrected chi connectivity index (χ2v) is 6.47. The Labute approximate surface area is 124 Å². The van der Waals surface area contributed by atoms with Crippen molar-refractivity contribution in [3.63, 3.8) is 0 Å². The second kappa shape index (κ2) is 6.44. The van der Waals surface area contributed by atoms with Gasteiger partial charge in [0.15, 0.2) is 0 Å². The molecule has 1 aromatic rings. The number of ether oxygens (including phenoxy) is 1. The fraction of sp³-hybridized carbons (Fsp3) is 0.500. The van der Waals surface area contributed by atoms with Crippen molar-refractivity contribution in [2.24, 2.45) is 0 Å². The van der Waals surface area contributed by atoms with Crippen molar-refractivity contribution in [3.8, 4) is 0 Å². The Kier molecular flexibility index (Phi) is 4.84. The van der Waals surface area contributed by atoms with Crippen LogP contribution in [0.3, 0.4) is 0 Å². The lowest BCUT2D eigenvalue weighted by atomic mass is 10.1. The van der Waals surface area contributed by atoms with Crippen LogP contribution in [0.25, 0.3) is 0 Å². The zero-order valence-electron chi connectivity index (χ0n) is 12.2. The summed E-state index contributed by atoms with van der Waals surface area (Å²) in [5, 5.41) is 0. The molecule has 0 fully saturated rings. The van der Waals surface area contributed by atoms with E-state index in [1.54, 1.807) is 13.0 Å². The largest absolute Gasteiger partial charge is 0.462 e. The highest BCUT2D eigenvalue weighted by atomic mass is 32.2. The Morgan fingerprint density at radius 2 is 2.14 bits per heavy atom. The van der Waals surface area contributed by atoms with Gasteiger partial charge in [0, 0.05) is 18.8 Å². The number of benzene rings is 1. The van der Waals surface area contributed by atoms with Crippen molar-refractivity contribution in [1.29, 1.82) is 0 Å². The average Bonchev–Trinajstić information content (AvgIpc) is 2.80.